The number of benzene rings is 1. The van der Waals surface area contributed by atoms with Crippen molar-refractivity contribution in [2.45, 2.75) is 6.54 Å². The van der Waals surface area contributed by atoms with Crippen molar-refractivity contribution in [3.05, 3.63) is 48.0 Å². The summed E-state index contributed by atoms with van der Waals surface area (Å²) in [6, 6.07) is 7.20. The highest BCUT2D eigenvalue weighted by Crippen LogP contribution is 2.33. The van der Waals surface area contributed by atoms with E-state index in [1.807, 2.05) is 6.07 Å². The molecule has 0 radical (unpaired) electrons. The third-order valence-corrected chi connectivity index (χ3v) is 6.19. The number of anilines is 1. The van der Waals surface area contributed by atoms with Crippen LogP contribution in [0.2, 0.25) is 5.02 Å². The lowest BCUT2D eigenvalue weighted by Gasteiger charge is -2.09. The molecule has 0 unspecified atom stereocenters. The number of carbonyl (C=O) groups is 1. The van der Waals surface area contributed by atoms with Gasteiger partial charge in [0.2, 0.25) is 0 Å². The standard InChI is InChI=1S/C13H11Br2ClN2OS/c1-17-13(19)7-2-3-10(16)11(4-7)18-6-8-5-9(14)12(15)20-8/h2-5,18H,6H2,1H3,(H,17,19). The maximum atomic E-state index is 11.6. The summed E-state index contributed by atoms with van der Waals surface area (Å²) in [5.74, 6) is -0.133. The van der Waals surface area contributed by atoms with Crippen LogP contribution >= 0.6 is 54.8 Å². The first kappa shape index (κ1) is 15.8. The zero-order chi connectivity index (χ0) is 14.7. The van der Waals surface area contributed by atoms with Crippen LogP contribution in [0.4, 0.5) is 5.69 Å². The van der Waals surface area contributed by atoms with Gasteiger partial charge in [-0.25, -0.2) is 0 Å². The molecule has 0 aliphatic heterocycles. The molecule has 0 saturated carbocycles. The highest BCUT2D eigenvalue weighted by atomic mass is 79.9. The Kier molecular flexibility index (Phi) is 5.49. The monoisotopic (exact) mass is 436 g/mol. The zero-order valence-corrected chi connectivity index (χ0v) is 15.2. The first-order valence-corrected chi connectivity index (χ1v) is 8.48. The van der Waals surface area contributed by atoms with Gasteiger partial charge in [0.1, 0.15) is 0 Å². The van der Waals surface area contributed by atoms with Crippen molar-refractivity contribution in [1.29, 1.82) is 0 Å². The predicted molar refractivity (Wildman–Crippen MR) is 91.9 cm³/mol. The van der Waals surface area contributed by atoms with E-state index in [2.05, 4.69) is 42.5 Å². The number of halogens is 3. The van der Waals surface area contributed by atoms with E-state index in [1.165, 1.54) is 0 Å². The lowest BCUT2D eigenvalue weighted by Crippen LogP contribution is -2.17. The van der Waals surface area contributed by atoms with Crippen molar-refractivity contribution < 1.29 is 4.79 Å². The maximum absolute atomic E-state index is 11.6. The first-order chi connectivity index (χ1) is 9.51. The molecule has 0 bridgehead atoms. The van der Waals surface area contributed by atoms with E-state index in [9.17, 15) is 4.79 Å². The van der Waals surface area contributed by atoms with Gasteiger partial charge in [0.05, 0.1) is 14.5 Å². The van der Waals surface area contributed by atoms with Gasteiger partial charge in [-0.05, 0) is 56.1 Å². The molecule has 0 fully saturated rings. The number of thiophene rings is 1. The molecule has 106 valence electrons. The van der Waals surface area contributed by atoms with Crippen LogP contribution in [0, 0.1) is 0 Å². The van der Waals surface area contributed by atoms with Gasteiger partial charge in [0, 0.05) is 28.5 Å². The summed E-state index contributed by atoms with van der Waals surface area (Å²) in [6.45, 7) is 0.645. The fourth-order valence-electron chi connectivity index (χ4n) is 1.61. The summed E-state index contributed by atoms with van der Waals surface area (Å²) in [6.07, 6.45) is 0. The molecule has 0 aliphatic carbocycles. The lowest BCUT2D eigenvalue weighted by molar-refractivity contribution is 0.0963. The van der Waals surface area contributed by atoms with Crippen molar-refractivity contribution in [2.24, 2.45) is 0 Å². The van der Waals surface area contributed by atoms with Crippen LogP contribution in [0.1, 0.15) is 15.2 Å². The minimum Gasteiger partial charge on any atom is -0.379 e. The minimum atomic E-state index is -0.133. The maximum Gasteiger partial charge on any atom is 0.251 e. The smallest absolute Gasteiger partial charge is 0.251 e. The Bertz CT molecular complexity index is 626. The van der Waals surface area contributed by atoms with Crippen LogP contribution in [0.3, 0.4) is 0 Å². The fraction of sp³-hybridized carbons (Fsp3) is 0.154. The number of amides is 1. The van der Waals surface area contributed by atoms with Crippen molar-refractivity contribution in [2.75, 3.05) is 12.4 Å². The first-order valence-electron chi connectivity index (χ1n) is 5.70. The summed E-state index contributed by atoms with van der Waals surface area (Å²) in [7, 11) is 1.60. The van der Waals surface area contributed by atoms with E-state index in [-0.39, 0.29) is 5.91 Å². The second-order valence-electron chi connectivity index (χ2n) is 3.96. The number of nitrogens with one attached hydrogen (secondary N) is 2. The number of rotatable bonds is 4. The lowest BCUT2D eigenvalue weighted by atomic mass is 10.2. The Morgan fingerprint density at radius 2 is 2.10 bits per heavy atom. The molecule has 0 aliphatic rings. The Labute approximate surface area is 143 Å². The Morgan fingerprint density at radius 1 is 1.35 bits per heavy atom. The SMILES string of the molecule is CNC(=O)c1ccc(Cl)c(NCc2cc(Br)c(Br)s2)c1. The third kappa shape index (κ3) is 3.75. The Morgan fingerprint density at radius 3 is 2.70 bits per heavy atom. The van der Waals surface area contributed by atoms with Crippen molar-refractivity contribution in [3.8, 4) is 0 Å². The molecule has 2 aromatic rings. The summed E-state index contributed by atoms with van der Waals surface area (Å²) in [4.78, 5) is 12.8. The molecule has 1 heterocycles. The molecular formula is C13H11Br2ClN2OS. The molecule has 2 rings (SSSR count). The van der Waals surface area contributed by atoms with Crippen LogP contribution in [0.5, 0.6) is 0 Å². The molecular weight excluding hydrogens is 427 g/mol. The van der Waals surface area contributed by atoms with Gasteiger partial charge >= 0.3 is 0 Å². The second kappa shape index (κ2) is 6.93. The normalized spacial score (nSPS) is 10.4. The minimum absolute atomic E-state index is 0.133. The van der Waals surface area contributed by atoms with E-state index in [0.29, 0.717) is 17.1 Å². The van der Waals surface area contributed by atoms with Gasteiger partial charge in [-0.3, -0.25) is 4.79 Å². The average Bonchev–Trinajstić information content (AvgIpc) is 2.76. The highest BCUT2D eigenvalue weighted by molar-refractivity contribution is 9.13. The van der Waals surface area contributed by atoms with Gasteiger partial charge in [-0.15, -0.1) is 11.3 Å². The van der Waals surface area contributed by atoms with E-state index < -0.39 is 0 Å². The van der Waals surface area contributed by atoms with Crippen LogP contribution in [0.25, 0.3) is 0 Å². The average molecular weight is 439 g/mol. The molecule has 0 spiro atoms. The molecule has 1 aromatic heterocycles. The second-order valence-corrected chi connectivity index (χ2v) is 7.68. The van der Waals surface area contributed by atoms with Crippen LogP contribution in [-0.2, 0) is 6.54 Å². The largest absolute Gasteiger partial charge is 0.379 e. The molecule has 3 nitrogen and oxygen atoms in total. The molecule has 0 saturated heterocycles. The number of hydrogen-bond acceptors (Lipinski definition) is 3. The van der Waals surface area contributed by atoms with Crippen molar-refractivity contribution in [1.82, 2.24) is 5.32 Å². The molecule has 0 atom stereocenters. The predicted octanol–water partition coefficient (Wildman–Crippen LogP) is 4.90. The Balaban J connectivity index is 2.14. The van der Waals surface area contributed by atoms with Crippen molar-refractivity contribution in [3.63, 3.8) is 0 Å². The van der Waals surface area contributed by atoms with E-state index >= 15 is 0 Å². The van der Waals surface area contributed by atoms with Crippen LogP contribution < -0.4 is 10.6 Å². The molecule has 2 N–H and O–H groups in total. The fourth-order valence-corrected chi connectivity index (χ4v) is 3.91. The van der Waals surface area contributed by atoms with E-state index in [0.717, 1.165) is 18.8 Å². The quantitative estimate of drug-likeness (QED) is 0.713. The highest BCUT2D eigenvalue weighted by Gasteiger charge is 2.09. The van der Waals surface area contributed by atoms with Crippen LogP contribution in [-0.4, -0.2) is 13.0 Å². The summed E-state index contributed by atoms with van der Waals surface area (Å²) in [5.41, 5.74) is 1.32. The van der Waals surface area contributed by atoms with E-state index in [1.54, 1.807) is 36.6 Å². The molecule has 7 heteroatoms. The molecule has 1 aromatic carbocycles. The topological polar surface area (TPSA) is 41.1 Å². The third-order valence-electron chi connectivity index (χ3n) is 2.60. The van der Waals surface area contributed by atoms with Gasteiger partial charge in [0.15, 0.2) is 0 Å². The summed E-state index contributed by atoms with van der Waals surface area (Å²) >= 11 is 14.7. The van der Waals surface area contributed by atoms with Gasteiger partial charge in [0.25, 0.3) is 5.91 Å². The van der Waals surface area contributed by atoms with E-state index in [4.69, 9.17) is 11.6 Å². The summed E-state index contributed by atoms with van der Waals surface area (Å²) < 4.78 is 2.09. The Hall–Kier alpha value is -0.560. The van der Waals surface area contributed by atoms with Crippen molar-refractivity contribution >= 4 is 66.4 Å². The summed E-state index contributed by atoms with van der Waals surface area (Å²) in [5, 5.41) is 6.43. The van der Waals surface area contributed by atoms with Crippen LogP contribution in [0.15, 0.2) is 32.5 Å². The van der Waals surface area contributed by atoms with Gasteiger partial charge < -0.3 is 10.6 Å². The van der Waals surface area contributed by atoms with Gasteiger partial charge in [-0.2, -0.15) is 0 Å². The number of carbonyl (C=O) groups excluding carboxylic acids is 1. The van der Waals surface area contributed by atoms with Gasteiger partial charge in [-0.1, -0.05) is 11.6 Å². The number of hydrogen-bond donors (Lipinski definition) is 2. The zero-order valence-electron chi connectivity index (χ0n) is 10.5. The molecule has 20 heavy (non-hydrogen) atoms. The molecule has 1 amide bonds.